The van der Waals surface area contributed by atoms with Gasteiger partial charge in [0.2, 0.25) is 5.91 Å². The van der Waals surface area contributed by atoms with E-state index in [2.05, 4.69) is 12.2 Å². The number of nitrogens with zero attached hydrogens (tertiary/aromatic N) is 1. The van der Waals surface area contributed by atoms with Crippen LogP contribution in [0.5, 0.6) is 0 Å². The lowest BCUT2D eigenvalue weighted by Gasteiger charge is -2.26. The van der Waals surface area contributed by atoms with E-state index in [9.17, 15) is 13.2 Å². The molecule has 1 aliphatic rings. The Labute approximate surface area is 155 Å². The SMILES string of the molecule is CCc1ccc(N(CC(C)C)S(=O)(=O)c2ccc3c(c2)CC(=O)N3)cc1. The number of anilines is 2. The normalized spacial score (nSPS) is 13.6. The minimum Gasteiger partial charge on any atom is -0.326 e. The van der Waals surface area contributed by atoms with Crippen LogP contribution in [0.15, 0.2) is 47.4 Å². The van der Waals surface area contributed by atoms with Crippen LogP contribution in [-0.4, -0.2) is 20.9 Å². The summed E-state index contributed by atoms with van der Waals surface area (Å²) in [5.41, 5.74) is 3.24. The van der Waals surface area contributed by atoms with E-state index in [0.29, 0.717) is 17.9 Å². The predicted molar refractivity (Wildman–Crippen MR) is 104 cm³/mol. The zero-order valence-corrected chi connectivity index (χ0v) is 16.1. The molecule has 26 heavy (non-hydrogen) atoms. The van der Waals surface area contributed by atoms with Crippen LogP contribution in [-0.2, 0) is 27.7 Å². The van der Waals surface area contributed by atoms with Gasteiger partial charge in [-0.1, -0.05) is 32.9 Å². The number of benzene rings is 2. The Morgan fingerprint density at radius 3 is 2.42 bits per heavy atom. The van der Waals surface area contributed by atoms with Gasteiger partial charge >= 0.3 is 0 Å². The smallest absolute Gasteiger partial charge is 0.264 e. The monoisotopic (exact) mass is 372 g/mol. The number of hydrogen-bond acceptors (Lipinski definition) is 3. The van der Waals surface area contributed by atoms with Gasteiger partial charge in [-0.15, -0.1) is 0 Å². The lowest BCUT2D eigenvalue weighted by Crippen LogP contribution is -2.34. The van der Waals surface area contributed by atoms with Crippen LogP contribution in [0.4, 0.5) is 11.4 Å². The third-order valence-corrected chi connectivity index (χ3v) is 6.24. The number of hydrogen-bond donors (Lipinski definition) is 1. The molecule has 2 aromatic carbocycles. The van der Waals surface area contributed by atoms with Crippen LogP contribution in [0.2, 0.25) is 0 Å². The van der Waals surface area contributed by atoms with Crippen LogP contribution in [0, 0.1) is 5.92 Å². The summed E-state index contributed by atoms with van der Waals surface area (Å²) in [7, 11) is -3.71. The molecular formula is C20H24N2O3S. The van der Waals surface area contributed by atoms with E-state index < -0.39 is 10.0 Å². The summed E-state index contributed by atoms with van der Waals surface area (Å²) in [5, 5.41) is 2.73. The Bertz CT molecular complexity index is 919. The van der Waals surface area contributed by atoms with Crippen molar-refractivity contribution in [2.75, 3.05) is 16.2 Å². The first-order valence-corrected chi connectivity index (χ1v) is 10.3. The number of fused-ring (bicyclic) bond motifs is 1. The molecule has 0 fully saturated rings. The van der Waals surface area contributed by atoms with Crippen molar-refractivity contribution in [2.24, 2.45) is 5.92 Å². The fraction of sp³-hybridized carbons (Fsp3) is 0.350. The highest BCUT2D eigenvalue weighted by Gasteiger charge is 2.28. The van der Waals surface area contributed by atoms with Crippen LogP contribution in [0.1, 0.15) is 31.9 Å². The predicted octanol–water partition coefficient (Wildman–Crippen LogP) is 3.59. The van der Waals surface area contributed by atoms with Gasteiger partial charge in [0.25, 0.3) is 10.0 Å². The van der Waals surface area contributed by atoms with Gasteiger partial charge in [-0.2, -0.15) is 0 Å². The summed E-state index contributed by atoms with van der Waals surface area (Å²) in [6, 6.07) is 12.5. The summed E-state index contributed by atoms with van der Waals surface area (Å²) in [6.07, 6.45) is 1.12. The van der Waals surface area contributed by atoms with E-state index in [1.165, 1.54) is 4.31 Å². The maximum absolute atomic E-state index is 13.3. The van der Waals surface area contributed by atoms with Gasteiger partial charge < -0.3 is 5.32 Å². The molecule has 0 atom stereocenters. The van der Waals surface area contributed by atoms with Crippen LogP contribution in [0.3, 0.4) is 0 Å². The first kappa shape index (κ1) is 18.5. The van der Waals surface area contributed by atoms with Crippen LogP contribution < -0.4 is 9.62 Å². The quantitative estimate of drug-likeness (QED) is 0.843. The highest BCUT2D eigenvalue weighted by Crippen LogP contribution is 2.30. The molecule has 1 aliphatic heterocycles. The van der Waals surface area contributed by atoms with Gasteiger partial charge in [-0.25, -0.2) is 8.42 Å². The van der Waals surface area contributed by atoms with Gasteiger partial charge in [-0.3, -0.25) is 9.10 Å². The molecule has 0 aromatic heterocycles. The maximum atomic E-state index is 13.3. The van der Waals surface area contributed by atoms with Gasteiger partial charge in [0, 0.05) is 12.2 Å². The third-order valence-electron chi connectivity index (χ3n) is 4.45. The molecule has 0 bridgehead atoms. The van der Waals surface area contributed by atoms with Crippen molar-refractivity contribution < 1.29 is 13.2 Å². The van der Waals surface area contributed by atoms with Gasteiger partial charge in [0.05, 0.1) is 17.0 Å². The molecule has 0 saturated heterocycles. The molecule has 3 rings (SSSR count). The second kappa shape index (κ2) is 7.11. The van der Waals surface area contributed by atoms with Crippen LogP contribution in [0.25, 0.3) is 0 Å². The van der Waals surface area contributed by atoms with Crippen molar-refractivity contribution in [3.05, 3.63) is 53.6 Å². The van der Waals surface area contributed by atoms with Crippen molar-refractivity contribution >= 4 is 27.3 Å². The Hall–Kier alpha value is -2.34. The largest absolute Gasteiger partial charge is 0.326 e. The molecule has 0 saturated carbocycles. The number of rotatable bonds is 6. The number of amides is 1. The fourth-order valence-electron chi connectivity index (χ4n) is 3.07. The zero-order valence-electron chi connectivity index (χ0n) is 15.3. The molecule has 1 amide bonds. The average molecular weight is 372 g/mol. The number of sulfonamides is 1. The molecule has 5 nitrogen and oxygen atoms in total. The van der Waals surface area contributed by atoms with E-state index in [4.69, 9.17) is 0 Å². The molecular weight excluding hydrogens is 348 g/mol. The Balaban J connectivity index is 2.02. The zero-order chi connectivity index (χ0) is 18.9. The summed E-state index contributed by atoms with van der Waals surface area (Å²) in [6.45, 7) is 6.45. The van der Waals surface area contributed by atoms with E-state index in [-0.39, 0.29) is 23.1 Å². The Morgan fingerprint density at radius 1 is 1.12 bits per heavy atom. The standard InChI is InChI=1S/C20H24N2O3S/c1-4-15-5-7-17(8-6-15)22(13-14(2)3)26(24,25)18-9-10-19-16(11-18)12-20(23)21-19/h5-11,14H,4,12-13H2,1-3H3,(H,21,23). The molecule has 138 valence electrons. The van der Waals surface area contributed by atoms with E-state index in [0.717, 1.165) is 17.5 Å². The van der Waals surface area contributed by atoms with Crippen molar-refractivity contribution in [1.82, 2.24) is 0 Å². The van der Waals surface area contributed by atoms with Crippen molar-refractivity contribution in [3.63, 3.8) is 0 Å². The Morgan fingerprint density at radius 2 is 1.81 bits per heavy atom. The van der Waals surface area contributed by atoms with Gasteiger partial charge in [-0.05, 0) is 53.8 Å². The summed E-state index contributed by atoms with van der Waals surface area (Å²) in [4.78, 5) is 11.8. The van der Waals surface area contributed by atoms with Crippen molar-refractivity contribution in [1.29, 1.82) is 0 Å². The van der Waals surface area contributed by atoms with E-state index >= 15 is 0 Å². The lowest BCUT2D eigenvalue weighted by molar-refractivity contribution is -0.115. The maximum Gasteiger partial charge on any atom is 0.264 e. The molecule has 6 heteroatoms. The summed E-state index contributed by atoms with van der Waals surface area (Å²) < 4.78 is 28.1. The topological polar surface area (TPSA) is 66.5 Å². The van der Waals surface area contributed by atoms with Gasteiger partial charge in [0.15, 0.2) is 0 Å². The number of aryl methyl sites for hydroxylation is 1. The molecule has 0 aliphatic carbocycles. The lowest BCUT2D eigenvalue weighted by atomic mass is 10.1. The van der Waals surface area contributed by atoms with Crippen LogP contribution >= 0.6 is 0 Å². The molecule has 1 heterocycles. The highest BCUT2D eigenvalue weighted by atomic mass is 32.2. The fourth-order valence-corrected chi connectivity index (χ4v) is 4.74. The second-order valence-electron chi connectivity index (χ2n) is 6.99. The molecule has 0 spiro atoms. The minimum atomic E-state index is -3.71. The minimum absolute atomic E-state index is 0.108. The molecule has 0 unspecified atom stereocenters. The number of nitrogens with one attached hydrogen (secondary N) is 1. The molecule has 2 aromatic rings. The Kier molecular flexibility index (Phi) is 5.05. The highest BCUT2D eigenvalue weighted by molar-refractivity contribution is 7.92. The van der Waals surface area contributed by atoms with E-state index in [1.807, 2.05) is 38.1 Å². The summed E-state index contributed by atoms with van der Waals surface area (Å²) in [5.74, 6) is 0.0667. The molecule has 1 N–H and O–H groups in total. The number of carbonyl (C=O) groups excluding carboxylic acids is 1. The van der Waals surface area contributed by atoms with Gasteiger partial charge in [0.1, 0.15) is 0 Å². The second-order valence-corrected chi connectivity index (χ2v) is 8.86. The third kappa shape index (κ3) is 3.60. The first-order chi connectivity index (χ1) is 12.3. The average Bonchev–Trinajstić information content (AvgIpc) is 2.98. The van der Waals surface area contributed by atoms with Crippen molar-refractivity contribution in [3.8, 4) is 0 Å². The first-order valence-electron chi connectivity index (χ1n) is 8.85. The summed E-state index contributed by atoms with van der Waals surface area (Å²) >= 11 is 0. The van der Waals surface area contributed by atoms with Crippen molar-refractivity contribution in [2.45, 2.75) is 38.5 Å². The number of carbonyl (C=O) groups is 1. The molecule has 0 radical (unpaired) electrons. The van der Waals surface area contributed by atoms with E-state index in [1.54, 1.807) is 18.2 Å².